The van der Waals surface area contributed by atoms with Gasteiger partial charge in [-0.2, -0.15) is 39.5 Å². The van der Waals surface area contributed by atoms with Crippen molar-refractivity contribution in [2.24, 2.45) is 0 Å². The molecule has 0 spiro atoms. The van der Waals surface area contributed by atoms with E-state index in [2.05, 4.69) is 91.9 Å². The summed E-state index contributed by atoms with van der Waals surface area (Å²) < 4.78 is 135. The molecule has 0 bridgehead atoms. The normalized spacial score (nSPS) is 13.2. The molecule has 3 aromatic rings. The van der Waals surface area contributed by atoms with E-state index in [0.29, 0.717) is 0 Å². The Bertz CT molecular complexity index is 1240. The summed E-state index contributed by atoms with van der Waals surface area (Å²) in [6.07, 6.45) is -7.16. The van der Waals surface area contributed by atoms with Crippen LogP contribution in [-0.2, 0) is 21.0 Å². The van der Waals surface area contributed by atoms with Crippen LogP contribution in [0.4, 0.5) is 39.5 Å². The van der Waals surface area contributed by atoms with Crippen LogP contribution in [0.1, 0.15) is 5.56 Å². The van der Waals surface area contributed by atoms with Crippen molar-refractivity contribution in [2.45, 2.75) is 44.9 Å². The first kappa shape index (κ1) is 30.5. The van der Waals surface area contributed by atoms with Gasteiger partial charge in [-0.15, -0.1) is 0 Å². The maximum absolute atomic E-state index is 12.2. The summed E-state index contributed by atoms with van der Waals surface area (Å²) in [6, 6.07) is 30.2. The van der Waals surface area contributed by atoms with Gasteiger partial charge >= 0.3 is 23.3 Å². The first-order valence-corrected chi connectivity index (χ1v) is 12.5. The zero-order valence-corrected chi connectivity index (χ0v) is 20.2. The fraction of sp³-hybridized carbons (Fsp3) is 0.217. The molecule has 0 amide bonds. The van der Waals surface area contributed by atoms with Crippen molar-refractivity contribution in [1.82, 2.24) is 0 Å². The van der Waals surface area contributed by atoms with Gasteiger partial charge < -0.3 is 4.55 Å². The third kappa shape index (κ3) is 6.24. The monoisotopic (exact) mass is 576 g/mol. The van der Waals surface area contributed by atoms with Gasteiger partial charge in [0.2, 0.25) is 0 Å². The van der Waals surface area contributed by atoms with Crippen LogP contribution in [0.15, 0.2) is 99.6 Å². The summed E-state index contributed by atoms with van der Waals surface area (Å²) in [4.78, 5) is 4.14. The lowest BCUT2D eigenvalue weighted by Gasteiger charge is -2.34. The number of rotatable bonds is 6. The number of alkyl halides is 9. The minimum Gasteiger partial charge on any atom is -0.743 e. The van der Waals surface area contributed by atoms with Crippen LogP contribution in [0, 0.1) is 6.92 Å². The molecule has 0 fully saturated rings. The lowest BCUT2D eigenvalue weighted by atomic mass is 10.1. The Labute approximate surface area is 209 Å². The van der Waals surface area contributed by atoms with Crippen LogP contribution in [0.25, 0.3) is 0 Å². The Morgan fingerprint density at radius 2 is 1.00 bits per heavy atom. The molecular weight excluding hydrogens is 559 g/mol. The largest absolute Gasteiger partial charge is 0.743 e. The fourth-order valence-corrected chi connectivity index (χ4v) is 5.49. The molecule has 0 saturated carbocycles. The van der Waals surface area contributed by atoms with Gasteiger partial charge in [-0.25, -0.2) is 8.42 Å². The number of hydrogen-bond donors (Lipinski definition) is 0. The van der Waals surface area contributed by atoms with E-state index in [9.17, 15) is 52.5 Å². The topological polar surface area (TPSA) is 57.2 Å². The number of halogens is 9. The highest BCUT2D eigenvalue weighted by Gasteiger charge is 2.83. The van der Waals surface area contributed by atoms with E-state index >= 15 is 0 Å². The van der Waals surface area contributed by atoms with Crippen molar-refractivity contribution in [3.05, 3.63) is 90.5 Å². The summed E-state index contributed by atoms with van der Waals surface area (Å²) in [5.74, 6) is -14.8. The van der Waals surface area contributed by atoms with Gasteiger partial charge in [0.15, 0.2) is 24.8 Å². The van der Waals surface area contributed by atoms with Gasteiger partial charge in [0.25, 0.3) is 0 Å². The SMILES string of the molecule is Cc1ccccc1[S+](c1ccccc1)c1ccccc1.O=S(=O)([O-])C(F)(F)C(F)(F)C(F)(F)C(F)(F)F. The van der Waals surface area contributed by atoms with Gasteiger partial charge in [-0.3, -0.25) is 0 Å². The van der Waals surface area contributed by atoms with Gasteiger partial charge in [-0.1, -0.05) is 54.6 Å². The van der Waals surface area contributed by atoms with E-state index in [1.807, 2.05) is 0 Å². The maximum atomic E-state index is 12.2. The summed E-state index contributed by atoms with van der Waals surface area (Å²) in [6.45, 7) is 2.20. The molecule has 0 radical (unpaired) electrons. The molecule has 0 aliphatic carbocycles. The average Bonchev–Trinajstić information content (AvgIpc) is 2.81. The van der Waals surface area contributed by atoms with Gasteiger partial charge in [0.05, 0.1) is 10.9 Å². The van der Waals surface area contributed by atoms with Crippen LogP contribution in [-0.4, -0.2) is 36.2 Å². The molecule has 0 saturated heterocycles. The second kappa shape index (κ2) is 11.0. The Morgan fingerprint density at radius 1 is 0.622 bits per heavy atom. The van der Waals surface area contributed by atoms with Crippen LogP contribution in [0.5, 0.6) is 0 Å². The predicted molar refractivity (Wildman–Crippen MR) is 117 cm³/mol. The Kier molecular flexibility index (Phi) is 9.03. The van der Waals surface area contributed by atoms with Crippen LogP contribution in [0.3, 0.4) is 0 Å². The lowest BCUT2D eigenvalue weighted by Crippen LogP contribution is -2.63. The van der Waals surface area contributed by atoms with Crippen LogP contribution in [0.2, 0.25) is 0 Å². The Hall–Kier alpha value is -2.71. The average molecular weight is 577 g/mol. The smallest absolute Gasteiger partial charge is 0.460 e. The standard InChI is InChI=1S/C19H17S.C4HF9O3S/c1-16-10-8-9-15-19(16)20(17-11-4-2-5-12-17)18-13-6-3-7-14-18;5-1(6,3(9,10)11)2(7,8)4(12,13)17(14,15)16/h2-15H,1H3;(H,14,15,16)/q+1;/p-1. The highest BCUT2D eigenvalue weighted by molar-refractivity contribution is 7.97. The lowest BCUT2D eigenvalue weighted by molar-refractivity contribution is -0.382. The summed E-state index contributed by atoms with van der Waals surface area (Å²) >= 11 is 0. The van der Waals surface area contributed by atoms with Crippen molar-refractivity contribution in [1.29, 1.82) is 0 Å². The molecule has 3 rings (SSSR count). The van der Waals surface area contributed by atoms with E-state index in [1.165, 1.54) is 20.2 Å². The molecule has 0 aliphatic heterocycles. The quantitative estimate of drug-likeness (QED) is 0.180. The predicted octanol–water partition coefficient (Wildman–Crippen LogP) is 7.05. The highest BCUT2D eigenvalue weighted by Crippen LogP contribution is 2.54. The van der Waals surface area contributed by atoms with Crippen molar-refractivity contribution in [2.75, 3.05) is 0 Å². The van der Waals surface area contributed by atoms with Gasteiger partial charge in [-0.05, 0) is 37.3 Å². The molecule has 0 atom stereocenters. The maximum Gasteiger partial charge on any atom is 0.460 e. The molecule has 0 aromatic heterocycles. The Morgan fingerprint density at radius 3 is 1.35 bits per heavy atom. The minimum atomic E-state index is -7.43. The van der Waals surface area contributed by atoms with E-state index in [-0.39, 0.29) is 10.9 Å². The van der Waals surface area contributed by atoms with Crippen molar-refractivity contribution >= 4 is 21.0 Å². The molecule has 0 aliphatic rings. The molecule has 0 N–H and O–H groups in total. The molecule has 3 aromatic carbocycles. The summed E-state index contributed by atoms with van der Waals surface area (Å²) in [7, 11) is -7.44. The molecule has 202 valence electrons. The molecule has 0 heterocycles. The Balaban J connectivity index is 0.000000265. The minimum absolute atomic E-state index is 0.0262. The van der Waals surface area contributed by atoms with E-state index in [4.69, 9.17) is 0 Å². The van der Waals surface area contributed by atoms with E-state index < -0.39 is 33.4 Å². The highest BCUT2D eigenvalue weighted by atomic mass is 32.2. The third-order valence-electron chi connectivity index (χ3n) is 4.70. The first-order valence-electron chi connectivity index (χ1n) is 9.92. The van der Waals surface area contributed by atoms with Gasteiger partial charge in [0, 0.05) is 5.56 Å². The van der Waals surface area contributed by atoms with Crippen LogP contribution < -0.4 is 0 Å². The second-order valence-electron chi connectivity index (χ2n) is 7.32. The number of aryl methyl sites for hydroxylation is 1. The third-order valence-corrected chi connectivity index (χ3v) is 7.97. The fourth-order valence-electron chi connectivity index (χ4n) is 2.81. The summed E-state index contributed by atoms with van der Waals surface area (Å²) in [5, 5.41) is -7.11. The van der Waals surface area contributed by atoms with Crippen molar-refractivity contribution in [3.8, 4) is 0 Å². The van der Waals surface area contributed by atoms with E-state index in [1.54, 1.807) is 0 Å². The van der Waals surface area contributed by atoms with Crippen molar-refractivity contribution < 1.29 is 52.5 Å². The van der Waals surface area contributed by atoms with E-state index in [0.717, 1.165) is 0 Å². The zero-order chi connectivity index (χ0) is 28.3. The number of benzene rings is 3. The second-order valence-corrected chi connectivity index (χ2v) is 10.7. The summed E-state index contributed by atoms with van der Waals surface area (Å²) in [5.41, 5.74) is 1.35. The molecule has 14 heteroatoms. The zero-order valence-electron chi connectivity index (χ0n) is 18.5. The molecular formula is C23H17F9O3S2. The van der Waals surface area contributed by atoms with Crippen molar-refractivity contribution in [3.63, 3.8) is 0 Å². The van der Waals surface area contributed by atoms with Gasteiger partial charge in [0.1, 0.15) is 0 Å². The molecule has 0 unspecified atom stereocenters. The molecule has 37 heavy (non-hydrogen) atoms. The molecule has 3 nitrogen and oxygen atoms in total. The number of hydrogen-bond acceptors (Lipinski definition) is 3. The van der Waals surface area contributed by atoms with Crippen LogP contribution >= 0.6 is 0 Å². The first-order chi connectivity index (χ1) is 16.9.